The number of nitrogens with one attached hydrogen (secondary N) is 1. The summed E-state index contributed by atoms with van der Waals surface area (Å²) in [5.74, 6) is 0.421. The number of rotatable bonds is 5. The van der Waals surface area contributed by atoms with Crippen LogP contribution in [0.2, 0.25) is 0 Å². The van der Waals surface area contributed by atoms with Gasteiger partial charge < -0.3 is 19.0 Å². The van der Waals surface area contributed by atoms with Crippen molar-refractivity contribution in [1.82, 2.24) is 4.90 Å². The molecule has 0 radical (unpaired) electrons. The minimum Gasteiger partial charge on any atom is -0.494 e. The zero-order chi connectivity index (χ0) is 20.4. The van der Waals surface area contributed by atoms with E-state index < -0.39 is 6.04 Å². The fraction of sp³-hybridized carbons (Fsp3) is 0.381. The number of imide groups is 1. The molecule has 1 atom stereocenters. The van der Waals surface area contributed by atoms with Gasteiger partial charge in [-0.1, -0.05) is 6.07 Å². The number of carbonyl (C=O) groups excluding carboxylic acids is 3. The van der Waals surface area contributed by atoms with Crippen molar-refractivity contribution in [2.45, 2.75) is 19.4 Å². The highest BCUT2D eigenvalue weighted by molar-refractivity contribution is 6.21. The lowest BCUT2D eigenvalue weighted by molar-refractivity contribution is -0.918. The van der Waals surface area contributed by atoms with E-state index in [-0.39, 0.29) is 24.1 Å². The van der Waals surface area contributed by atoms with Crippen LogP contribution in [-0.2, 0) is 9.59 Å². The van der Waals surface area contributed by atoms with Crippen LogP contribution in [0, 0.1) is 0 Å². The Morgan fingerprint density at radius 1 is 1.21 bits per heavy atom. The molecule has 0 aliphatic carbocycles. The van der Waals surface area contributed by atoms with E-state index in [1.165, 1.54) is 11.2 Å². The molecule has 8 nitrogen and oxygen atoms in total. The van der Waals surface area contributed by atoms with Gasteiger partial charge in [0.05, 0.1) is 51.2 Å². The molecule has 2 aromatic rings. The van der Waals surface area contributed by atoms with Crippen molar-refractivity contribution < 1.29 is 28.4 Å². The Bertz CT molecular complexity index is 903. The number of anilines is 1. The number of furan rings is 1. The summed E-state index contributed by atoms with van der Waals surface area (Å²) in [6.45, 7) is 4.67. The van der Waals surface area contributed by atoms with Crippen LogP contribution in [0.5, 0.6) is 5.75 Å². The Labute approximate surface area is 168 Å². The third-order valence-electron chi connectivity index (χ3n) is 5.45. The van der Waals surface area contributed by atoms with Gasteiger partial charge in [-0.15, -0.1) is 0 Å². The standard InChI is InChI=1S/C21H23N3O5/c1-2-28-16-6-3-5-15(13-16)24-19(25)14-17(20(24)26)22-8-10-23(11-9-22)21(27)18-7-4-12-29-18/h3-7,12-13,17H,2,8-11,14H2,1H3/p+1/t17-/m0/s1. The third kappa shape index (κ3) is 3.75. The maximum atomic E-state index is 13.0. The van der Waals surface area contributed by atoms with Crippen molar-refractivity contribution in [3.63, 3.8) is 0 Å². The highest BCUT2D eigenvalue weighted by Gasteiger charge is 2.46. The molecule has 2 saturated heterocycles. The van der Waals surface area contributed by atoms with Crippen LogP contribution in [-0.4, -0.2) is 61.4 Å². The lowest BCUT2D eigenvalue weighted by atomic mass is 10.1. The van der Waals surface area contributed by atoms with E-state index in [2.05, 4.69) is 0 Å². The number of quaternary nitrogens is 1. The van der Waals surface area contributed by atoms with E-state index in [1.807, 2.05) is 6.92 Å². The molecular weight excluding hydrogens is 374 g/mol. The summed E-state index contributed by atoms with van der Waals surface area (Å²) in [7, 11) is 0. The molecule has 1 aromatic carbocycles. The highest BCUT2D eigenvalue weighted by Crippen LogP contribution is 2.26. The minimum absolute atomic E-state index is 0.141. The predicted octanol–water partition coefficient (Wildman–Crippen LogP) is 0.351. The van der Waals surface area contributed by atoms with Gasteiger partial charge in [-0.3, -0.25) is 14.4 Å². The smallest absolute Gasteiger partial charge is 0.292 e. The molecule has 3 amide bonds. The summed E-state index contributed by atoms with van der Waals surface area (Å²) in [5.41, 5.74) is 0.541. The van der Waals surface area contributed by atoms with Crippen molar-refractivity contribution in [3.8, 4) is 5.75 Å². The van der Waals surface area contributed by atoms with Crippen molar-refractivity contribution >= 4 is 23.4 Å². The number of piperazine rings is 1. The van der Waals surface area contributed by atoms with Crippen molar-refractivity contribution in [3.05, 3.63) is 48.4 Å². The zero-order valence-electron chi connectivity index (χ0n) is 16.3. The second-order valence-corrected chi connectivity index (χ2v) is 7.18. The van der Waals surface area contributed by atoms with Gasteiger partial charge in [0, 0.05) is 6.07 Å². The molecule has 0 spiro atoms. The average molecular weight is 398 g/mol. The number of nitrogens with zero attached hydrogens (tertiary/aromatic N) is 2. The van der Waals surface area contributed by atoms with Gasteiger partial charge in [0.2, 0.25) is 5.91 Å². The molecule has 1 N–H and O–H groups in total. The second-order valence-electron chi connectivity index (χ2n) is 7.18. The number of carbonyl (C=O) groups is 3. The van der Waals surface area contributed by atoms with E-state index in [4.69, 9.17) is 9.15 Å². The number of hydrogen-bond acceptors (Lipinski definition) is 5. The Balaban J connectivity index is 1.42. The quantitative estimate of drug-likeness (QED) is 0.735. The van der Waals surface area contributed by atoms with E-state index >= 15 is 0 Å². The summed E-state index contributed by atoms with van der Waals surface area (Å²) in [5, 5.41) is 0. The highest BCUT2D eigenvalue weighted by atomic mass is 16.5. The van der Waals surface area contributed by atoms with E-state index in [1.54, 1.807) is 41.3 Å². The molecule has 0 saturated carbocycles. The first-order valence-electron chi connectivity index (χ1n) is 9.85. The van der Waals surface area contributed by atoms with Crippen molar-refractivity contribution in [2.75, 3.05) is 37.7 Å². The Morgan fingerprint density at radius 2 is 2.00 bits per heavy atom. The molecule has 2 fully saturated rings. The minimum atomic E-state index is -0.417. The molecule has 0 unspecified atom stereocenters. The fourth-order valence-corrected chi connectivity index (χ4v) is 4.00. The van der Waals surface area contributed by atoms with Gasteiger partial charge in [0.15, 0.2) is 11.8 Å². The normalized spacial score (nSPS) is 20.4. The van der Waals surface area contributed by atoms with E-state index in [0.29, 0.717) is 50.0 Å². The molecule has 2 aliphatic rings. The largest absolute Gasteiger partial charge is 0.494 e. The van der Waals surface area contributed by atoms with Crippen LogP contribution in [0.15, 0.2) is 47.1 Å². The molecule has 1 aromatic heterocycles. The van der Waals surface area contributed by atoms with Gasteiger partial charge >= 0.3 is 0 Å². The van der Waals surface area contributed by atoms with Gasteiger partial charge in [0.1, 0.15) is 5.75 Å². The van der Waals surface area contributed by atoms with Crippen LogP contribution in [0.4, 0.5) is 5.69 Å². The molecule has 3 heterocycles. The first kappa shape index (κ1) is 19.2. The summed E-state index contributed by atoms with van der Waals surface area (Å²) in [6.07, 6.45) is 1.66. The molecule has 8 heteroatoms. The topological polar surface area (TPSA) is 84.5 Å². The second kappa shape index (κ2) is 8.08. The van der Waals surface area contributed by atoms with Gasteiger partial charge in [-0.2, -0.15) is 0 Å². The van der Waals surface area contributed by atoms with Crippen LogP contribution >= 0.6 is 0 Å². The third-order valence-corrected chi connectivity index (χ3v) is 5.45. The Morgan fingerprint density at radius 3 is 2.69 bits per heavy atom. The summed E-state index contributed by atoms with van der Waals surface area (Å²) in [6, 6.07) is 9.96. The lowest BCUT2D eigenvalue weighted by Crippen LogP contribution is -3.19. The lowest BCUT2D eigenvalue weighted by Gasteiger charge is -2.34. The van der Waals surface area contributed by atoms with Crippen LogP contribution in [0.1, 0.15) is 23.9 Å². The van der Waals surface area contributed by atoms with E-state index in [0.717, 1.165) is 4.90 Å². The molecular formula is C21H24N3O5+. The first-order chi connectivity index (χ1) is 14.1. The monoisotopic (exact) mass is 398 g/mol. The Hall–Kier alpha value is -3.13. The number of hydrogen-bond donors (Lipinski definition) is 1. The van der Waals surface area contributed by atoms with Crippen LogP contribution < -0.4 is 14.5 Å². The number of amides is 3. The summed E-state index contributed by atoms with van der Waals surface area (Å²) < 4.78 is 10.7. The van der Waals surface area contributed by atoms with Gasteiger partial charge in [-0.25, -0.2) is 4.90 Å². The summed E-state index contributed by atoms with van der Waals surface area (Å²) in [4.78, 5) is 42.1. The molecule has 2 aliphatic heterocycles. The first-order valence-corrected chi connectivity index (χ1v) is 9.85. The fourth-order valence-electron chi connectivity index (χ4n) is 4.00. The Kier molecular flexibility index (Phi) is 5.35. The zero-order valence-corrected chi connectivity index (χ0v) is 16.3. The van der Waals surface area contributed by atoms with Crippen molar-refractivity contribution in [2.24, 2.45) is 0 Å². The average Bonchev–Trinajstić information content (AvgIpc) is 3.36. The predicted molar refractivity (Wildman–Crippen MR) is 104 cm³/mol. The molecule has 152 valence electrons. The van der Waals surface area contributed by atoms with Gasteiger partial charge in [-0.05, 0) is 31.2 Å². The number of benzene rings is 1. The molecule has 4 rings (SSSR count). The van der Waals surface area contributed by atoms with Crippen molar-refractivity contribution in [1.29, 1.82) is 0 Å². The van der Waals surface area contributed by atoms with Crippen LogP contribution in [0.3, 0.4) is 0 Å². The van der Waals surface area contributed by atoms with Gasteiger partial charge in [0.25, 0.3) is 11.8 Å². The molecule has 0 bridgehead atoms. The maximum Gasteiger partial charge on any atom is 0.292 e. The van der Waals surface area contributed by atoms with E-state index in [9.17, 15) is 14.4 Å². The molecule has 29 heavy (non-hydrogen) atoms. The number of ether oxygens (including phenoxy) is 1. The summed E-state index contributed by atoms with van der Waals surface area (Å²) >= 11 is 0. The SMILES string of the molecule is CCOc1cccc(N2C(=O)C[C@H]([NH+]3CCN(C(=O)c4ccco4)CC3)C2=O)c1. The van der Waals surface area contributed by atoms with Crippen LogP contribution in [0.25, 0.3) is 0 Å². The maximum absolute atomic E-state index is 13.0.